The highest BCUT2D eigenvalue weighted by atomic mass is 32.1. The van der Waals surface area contributed by atoms with E-state index in [0.29, 0.717) is 5.92 Å². The molecule has 0 radical (unpaired) electrons. The quantitative estimate of drug-likeness (QED) is 0.910. The summed E-state index contributed by atoms with van der Waals surface area (Å²) in [6, 6.07) is 4.32. The van der Waals surface area contributed by atoms with Crippen LogP contribution in [0.5, 0.6) is 0 Å². The molecule has 4 heteroatoms. The van der Waals surface area contributed by atoms with E-state index in [1.807, 2.05) is 0 Å². The van der Waals surface area contributed by atoms with Gasteiger partial charge in [0.05, 0.1) is 5.92 Å². The van der Waals surface area contributed by atoms with E-state index in [2.05, 4.69) is 50.2 Å². The highest BCUT2D eigenvalue weighted by molar-refractivity contribution is 7.09. The third-order valence-corrected chi connectivity index (χ3v) is 5.77. The average molecular weight is 309 g/mol. The Labute approximate surface area is 132 Å². The molecular formula is C17H27NO2S. The lowest BCUT2D eigenvalue weighted by Gasteiger charge is -2.43. The fourth-order valence-electron chi connectivity index (χ4n) is 3.47. The zero-order valence-corrected chi connectivity index (χ0v) is 14.3. The minimum absolute atomic E-state index is 0.141. The van der Waals surface area contributed by atoms with Crippen LogP contribution < -0.4 is 0 Å². The molecule has 1 saturated carbocycles. The summed E-state index contributed by atoms with van der Waals surface area (Å²) in [4.78, 5) is 15.2. The Morgan fingerprint density at radius 3 is 2.67 bits per heavy atom. The van der Waals surface area contributed by atoms with Crippen LogP contribution in [-0.2, 0) is 11.3 Å². The summed E-state index contributed by atoms with van der Waals surface area (Å²) >= 11 is 1.74. The van der Waals surface area contributed by atoms with Gasteiger partial charge < -0.3 is 5.11 Å². The van der Waals surface area contributed by atoms with Crippen molar-refractivity contribution in [2.24, 2.45) is 17.3 Å². The van der Waals surface area contributed by atoms with Gasteiger partial charge in [-0.3, -0.25) is 9.69 Å². The topological polar surface area (TPSA) is 40.5 Å². The maximum atomic E-state index is 11.6. The Hall–Kier alpha value is -0.870. The number of hydrogen-bond donors (Lipinski definition) is 1. The van der Waals surface area contributed by atoms with Crippen LogP contribution in [0, 0.1) is 17.3 Å². The molecule has 1 aromatic heterocycles. The van der Waals surface area contributed by atoms with E-state index in [1.54, 1.807) is 11.3 Å². The molecule has 0 bridgehead atoms. The molecule has 21 heavy (non-hydrogen) atoms. The predicted octanol–water partition coefficient (Wildman–Crippen LogP) is 4.10. The van der Waals surface area contributed by atoms with Gasteiger partial charge in [0, 0.05) is 17.5 Å². The fourth-order valence-corrected chi connectivity index (χ4v) is 4.24. The smallest absolute Gasteiger partial charge is 0.308 e. The Bertz CT molecular complexity index is 464. The van der Waals surface area contributed by atoms with Gasteiger partial charge in [0.15, 0.2) is 0 Å². The molecule has 3 nitrogen and oxygen atoms in total. The van der Waals surface area contributed by atoms with Crippen LogP contribution in [0.4, 0.5) is 0 Å². The number of carbonyl (C=O) groups is 1. The molecule has 1 N–H and O–H groups in total. The predicted molar refractivity (Wildman–Crippen MR) is 87.5 cm³/mol. The molecule has 1 heterocycles. The fraction of sp³-hybridized carbons (Fsp3) is 0.706. The highest BCUT2D eigenvalue weighted by Gasteiger charge is 2.40. The van der Waals surface area contributed by atoms with Crippen LogP contribution >= 0.6 is 11.3 Å². The summed E-state index contributed by atoms with van der Waals surface area (Å²) in [5.41, 5.74) is 0.255. The van der Waals surface area contributed by atoms with E-state index >= 15 is 0 Å². The summed E-state index contributed by atoms with van der Waals surface area (Å²) in [6.45, 7) is 7.67. The Morgan fingerprint density at radius 2 is 2.14 bits per heavy atom. The zero-order valence-electron chi connectivity index (χ0n) is 13.5. The second kappa shape index (κ2) is 6.49. The Balaban J connectivity index is 2.11. The SMILES string of the molecule is CN(Cc1cccs1)C1CC(C(C)(C)C)CCC1C(=O)O. The van der Waals surface area contributed by atoms with Crippen LogP contribution in [-0.4, -0.2) is 29.1 Å². The lowest BCUT2D eigenvalue weighted by atomic mass is 9.67. The second-order valence-corrected chi connectivity index (χ2v) is 8.41. The number of hydrogen-bond acceptors (Lipinski definition) is 3. The van der Waals surface area contributed by atoms with Gasteiger partial charge in [-0.25, -0.2) is 0 Å². The zero-order chi connectivity index (χ0) is 15.6. The van der Waals surface area contributed by atoms with Crippen LogP contribution in [0.15, 0.2) is 17.5 Å². The van der Waals surface area contributed by atoms with Gasteiger partial charge in [0.2, 0.25) is 0 Å². The van der Waals surface area contributed by atoms with Gasteiger partial charge in [-0.1, -0.05) is 26.8 Å². The molecule has 1 aliphatic rings. The molecular weight excluding hydrogens is 282 g/mol. The van der Waals surface area contributed by atoms with E-state index < -0.39 is 5.97 Å². The normalized spacial score (nSPS) is 27.0. The van der Waals surface area contributed by atoms with Gasteiger partial charge in [0.1, 0.15) is 0 Å². The molecule has 1 aromatic rings. The van der Waals surface area contributed by atoms with Crippen molar-refractivity contribution in [1.29, 1.82) is 0 Å². The molecule has 2 rings (SSSR count). The summed E-state index contributed by atoms with van der Waals surface area (Å²) in [5.74, 6) is -0.261. The van der Waals surface area contributed by atoms with Crippen molar-refractivity contribution in [1.82, 2.24) is 4.90 Å². The maximum Gasteiger partial charge on any atom is 0.308 e. The largest absolute Gasteiger partial charge is 0.481 e. The van der Waals surface area contributed by atoms with Crippen LogP contribution in [0.3, 0.4) is 0 Å². The first-order valence-corrected chi connectivity index (χ1v) is 8.62. The second-order valence-electron chi connectivity index (χ2n) is 7.38. The number of nitrogens with zero attached hydrogens (tertiary/aromatic N) is 1. The van der Waals surface area contributed by atoms with Gasteiger partial charge in [-0.05, 0) is 49.1 Å². The van der Waals surface area contributed by atoms with Crippen LogP contribution in [0.25, 0.3) is 0 Å². The van der Waals surface area contributed by atoms with Crippen LogP contribution in [0.1, 0.15) is 44.9 Å². The molecule has 3 atom stereocenters. The molecule has 0 aliphatic heterocycles. The minimum Gasteiger partial charge on any atom is -0.481 e. The summed E-state index contributed by atoms with van der Waals surface area (Å²) in [5, 5.41) is 11.6. The van der Waals surface area contributed by atoms with Gasteiger partial charge in [-0.2, -0.15) is 0 Å². The lowest BCUT2D eigenvalue weighted by molar-refractivity contribution is -0.146. The maximum absolute atomic E-state index is 11.6. The van der Waals surface area contributed by atoms with Crippen molar-refractivity contribution in [3.63, 3.8) is 0 Å². The molecule has 0 saturated heterocycles. The minimum atomic E-state index is -0.634. The Morgan fingerprint density at radius 1 is 1.43 bits per heavy atom. The highest BCUT2D eigenvalue weighted by Crippen LogP contribution is 2.41. The molecule has 3 unspecified atom stereocenters. The van der Waals surface area contributed by atoms with Crippen molar-refractivity contribution in [2.75, 3.05) is 7.05 Å². The molecule has 0 amide bonds. The summed E-state index contributed by atoms with van der Waals surface area (Å²) < 4.78 is 0. The summed E-state index contributed by atoms with van der Waals surface area (Å²) in [7, 11) is 2.07. The molecule has 0 aromatic carbocycles. The van der Waals surface area contributed by atoms with Crippen molar-refractivity contribution in [3.05, 3.63) is 22.4 Å². The van der Waals surface area contributed by atoms with Crippen molar-refractivity contribution < 1.29 is 9.90 Å². The number of rotatable bonds is 4. The van der Waals surface area contributed by atoms with Crippen molar-refractivity contribution >= 4 is 17.3 Å². The number of aliphatic carboxylic acids is 1. The number of thiophene rings is 1. The third kappa shape index (κ3) is 4.07. The van der Waals surface area contributed by atoms with E-state index in [-0.39, 0.29) is 17.4 Å². The first kappa shape index (κ1) is 16.5. The van der Waals surface area contributed by atoms with E-state index in [9.17, 15) is 9.90 Å². The van der Waals surface area contributed by atoms with Crippen molar-refractivity contribution in [3.8, 4) is 0 Å². The van der Waals surface area contributed by atoms with E-state index in [4.69, 9.17) is 0 Å². The molecule has 1 aliphatic carbocycles. The number of carboxylic acids is 1. The van der Waals surface area contributed by atoms with E-state index in [0.717, 1.165) is 25.8 Å². The summed E-state index contributed by atoms with van der Waals surface area (Å²) in [6.07, 6.45) is 2.82. The first-order valence-electron chi connectivity index (χ1n) is 7.74. The monoisotopic (exact) mass is 309 g/mol. The number of carboxylic acid groups (broad SMARTS) is 1. The van der Waals surface area contributed by atoms with Gasteiger partial charge in [-0.15, -0.1) is 11.3 Å². The molecule has 118 valence electrons. The van der Waals surface area contributed by atoms with Gasteiger partial charge in [0.25, 0.3) is 0 Å². The molecule has 1 fully saturated rings. The van der Waals surface area contributed by atoms with E-state index in [1.165, 1.54) is 4.88 Å². The Kier molecular flexibility index (Phi) is 5.10. The standard InChI is InChI=1S/C17H27NO2S/c1-17(2,3)12-7-8-14(16(19)20)15(10-12)18(4)11-13-6-5-9-21-13/h5-6,9,12,14-15H,7-8,10-11H2,1-4H3,(H,19,20). The van der Waals surface area contributed by atoms with Gasteiger partial charge >= 0.3 is 5.97 Å². The first-order chi connectivity index (χ1) is 9.79. The van der Waals surface area contributed by atoms with Crippen molar-refractivity contribution in [2.45, 2.75) is 52.6 Å². The van der Waals surface area contributed by atoms with Crippen LogP contribution in [0.2, 0.25) is 0 Å². The lowest BCUT2D eigenvalue weighted by Crippen LogP contribution is -2.47. The molecule has 0 spiro atoms. The average Bonchev–Trinajstić information content (AvgIpc) is 2.89. The third-order valence-electron chi connectivity index (χ3n) is 4.91.